The summed E-state index contributed by atoms with van der Waals surface area (Å²) in [5.41, 5.74) is 1.20. The molecule has 72 valence electrons. The molecule has 0 amide bonds. The maximum absolute atomic E-state index is 5.73. The van der Waals surface area contributed by atoms with Gasteiger partial charge < -0.3 is 15.4 Å². The van der Waals surface area contributed by atoms with Crippen molar-refractivity contribution in [1.82, 2.24) is 10.6 Å². The van der Waals surface area contributed by atoms with E-state index in [1.54, 1.807) is 0 Å². The molecule has 2 bridgehead atoms. The molecule has 1 aromatic rings. The van der Waals surface area contributed by atoms with Gasteiger partial charge in [-0.15, -0.1) is 0 Å². The van der Waals surface area contributed by atoms with E-state index in [0.717, 1.165) is 12.2 Å². The van der Waals surface area contributed by atoms with Crippen molar-refractivity contribution >= 4 is 17.3 Å². The highest BCUT2D eigenvalue weighted by Crippen LogP contribution is 2.35. The van der Waals surface area contributed by atoms with Crippen LogP contribution in [0.3, 0.4) is 0 Å². The molecule has 1 fully saturated rings. The Morgan fingerprint density at radius 2 is 2.14 bits per heavy atom. The molecule has 2 aliphatic heterocycles. The number of rotatable bonds is 0. The van der Waals surface area contributed by atoms with Crippen LogP contribution in [0.4, 0.5) is 0 Å². The summed E-state index contributed by atoms with van der Waals surface area (Å²) in [6.07, 6.45) is 0.959. The highest BCUT2D eigenvalue weighted by molar-refractivity contribution is 7.80. The van der Waals surface area contributed by atoms with E-state index in [-0.39, 0.29) is 6.23 Å². The topological polar surface area (TPSA) is 33.3 Å². The third-order valence-corrected chi connectivity index (χ3v) is 2.85. The zero-order valence-electron chi connectivity index (χ0n) is 7.49. The quantitative estimate of drug-likeness (QED) is 0.627. The van der Waals surface area contributed by atoms with Crippen LogP contribution in [0, 0.1) is 0 Å². The highest BCUT2D eigenvalue weighted by Gasteiger charge is 2.32. The Kier molecular flexibility index (Phi) is 1.64. The van der Waals surface area contributed by atoms with Gasteiger partial charge in [-0.3, -0.25) is 0 Å². The standard InChI is InChI=1S/C10H10N2OS/c14-10-11-7-5-9(12-10)13-8-4-2-1-3-6(7)8/h1-4,7,9H,5H2,(H2,11,12,14). The Morgan fingerprint density at radius 3 is 3.07 bits per heavy atom. The lowest BCUT2D eigenvalue weighted by molar-refractivity contribution is 0.127. The Hall–Kier alpha value is -1.29. The van der Waals surface area contributed by atoms with Crippen molar-refractivity contribution in [3.05, 3.63) is 29.8 Å². The number of hydrogen-bond donors (Lipinski definition) is 2. The van der Waals surface area contributed by atoms with E-state index in [9.17, 15) is 0 Å². The Balaban J connectivity index is 2.05. The van der Waals surface area contributed by atoms with Crippen LogP contribution < -0.4 is 15.4 Å². The predicted octanol–water partition coefficient (Wildman–Crippen LogP) is 1.31. The molecule has 4 heteroatoms. The van der Waals surface area contributed by atoms with Crippen LogP contribution in [0.5, 0.6) is 5.75 Å². The molecular formula is C10H10N2OS. The fourth-order valence-electron chi connectivity index (χ4n) is 1.99. The highest BCUT2D eigenvalue weighted by atomic mass is 32.1. The minimum Gasteiger partial charge on any atom is -0.470 e. The minimum atomic E-state index is 0.0312. The summed E-state index contributed by atoms with van der Waals surface area (Å²) < 4.78 is 5.73. The lowest BCUT2D eigenvalue weighted by Crippen LogP contribution is -2.54. The largest absolute Gasteiger partial charge is 0.470 e. The molecule has 0 radical (unpaired) electrons. The number of hydrogen-bond acceptors (Lipinski definition) is 2. The van der Waals surface area contributed by atoms with Crippen LogP contribution in [0.15, 0.2) is 24.3 Å². The number of thiocarbonyl (C=S) groups is 1. The number of ether oxygens (including phenoxy) is 1. The normalized spacial score (nSPS) is 28.1. The van der Waals surface area contributed by atoms with Gasteiger partial charge in [-0.1, -0.05) is 18.2 Å². The van der Waals surface area contributed by atoms with Crippen LogP contribution in [-0.4, -0.2) is 11.3 Å². The van der Waals surface area contributed by atoms with E-state index in [1.807, 2.05) is 18.2 Å². The first-order valence-corrected chi connectivity index (χ1v) is 5.06. The van der Waals surface area contributed by atoms with Crippen molar-refractivity contribution < 1.29 is 4.74 Å². The van der Waals surface area contributed by atoms with Gasteiger partial charge in [-0.25, -0.2) is 0 Å². The van der Waals surface area contributed by atoms with E-state index < -0.39 is 0 Å². The molecule has 0 saturated carbocycles. The van der Waals surface area contributed by atoms with Crippen LogP contribution >= 0.6 is 12.2 Å². The molecule has 2 heterocycles. The maximum Gasteiger partial charge on any atom is 0.173 e. The molecule has 0 spiro atoms. The molecule has 1 aromatic carbocycles. The minimum absolute atomic E-state index is 0.0312. The zero-order chi connectivity index (χ0) is 9.54. The van der Waals surface area contributed by atoms with Gasteiger partial charge in [0.1, 0.15) is 5.75 Å². The molecule has 0 aromatic heterocycles. The number of fused-ring (bicyclic) bond motifs is 4. The van der Waals surface area contributed by atoms with E-state index in [4.69, 9.17) is 17.0 Å². The van der Waals surface area contributed by atoms with Gasteiger partial charge in [-0.05, 0) is 18.3 Å². The third-order valence-electron chi connectivity index (χ3n) is 2.61. The molecule has 14 heavy (non-hydrogen) atoms. The van der Waals surface area contributed by atoms with Crippen LogP contribution in [-0.2, 0) is 0 Å². The molecule has 2 aliphatic rings. The second kappa shape index (κ2) is 2.85. The van der Waals surface area contributed by atoms with E-state index >= 15 is 0 Å². The Labute approximate surface area is 87.5 Å². The second-order valence-corrected chi connectivity index (χ2v) is 3.96. The van der Waals surface area contributed by atoms with Crippen molar-refractivity contribution in [2.75, 3.05) is 0 Å². The first kappa shape index (κ1) is 8.05. The average Bonchev–Trinajstić information content (AvgIpc) is 2.17. The first-order chi connectivity index (χ1) is 6.83. The molecule has 0 aliphatic carbocycles. The fraction of sp³-hybridized carbons (Fsp3) is 0.300. The number of nitrogens with one attached hydrogen (secondary N) is 2. The molecule has 3 nitrogen and oxygen atoms in total. The molecule has 1 saturated heterocycles. The molecule has 2 unspecified atom stereocenters. The van der Waals surface area contributed by atoms with Crippen LogP contribution in [0.1, 0.15) is 18.0 Å². The van der Waals surface area contributed by atoms with Crippen molar-refractivity contribution in [3.8, 4) is 5.75 Å². The maximum atomic E-state index is 5.73. The number of para-hydroxylation sites is 1. The lowest BCUT2D eigenvalue weighted by atomic mass is 9.98. The van der Waals surface area contributed by atoms with Crippen LogP contribution in [0.25, 0.3) is 0 Å². The molecule has 2 atom stereocenters. The van der Waals surface area contributed by atoms with Crippen molar-refractivity contribution in [3.63, 3.8) is 0 Å². The SMILES string of the molecule is S=C1NC2CC(N1)c1ccccc1O2. The fourth-order valence-corrected chi connectivity index (χ4v) is 2.26. The summed E-state index contributed by atoms with van der Waals surface area (Å²) in [6.45, 7) is 0. The summed E-state index contributed by atoms with van der Waals surface area (Å²) in [7, 11) is 0. The lowest BCUT2D eigenvalue weighted by Gasteiger charge is -2.38. The Morgan fingerprint density at radius 1 is 1.29 bits per heavy atom. The summed E-state index contributed by atoms with van der Waals surface area (Å²) in [6, 6.07) is 8.38. The second-order valence-electron chi connectivity index (χ2n) is 3.55. The first-order valence-electron chi connectivity index (χ1n) is 4.65. The van der Waals surface area contributed by atoms with Gasteiger partial charge in [0.15, 0.2) is 11.3 Å². The average molecular weight is 206 g/mol. The third kappa shape index (κ3) is 1.14. The smallest absolute Gasteiger partial charge is 0.173 e. The van der Waals surface area contributed by atoms with Gasteiger partial charge in [0, 0.05) is 12.0 Å². The van der Waals surface area contributed by atoms with E-state index in [0.29, 0.717) is 11.2 Å². The summed E-state index contributed by atoms with van der Waals surface area (Å²) in [5.74, 6) is 0.955. The van der Waals surface area contributed by atoms with Gasteiger partial charge in [0.05, 0.1) is 6.04 Å². The summed E-state index contributed by atoms with van der Waals surface area (Å²) >= 11 is 5.09. The Bertz CT molecular complexity index is 393. The molecule has 3 rings (SSSR count). The summed E-state index contributed by atoms with van der Waals surface area (Å²) in [4.78, 5) is 0. The number of benzene rings is 1. The van der Waals surface area contributed by atoms with Crippen molar-refractivity contribution in [1.29, 1.82) is 0 Å². The predicted molar refractivity (Wildman–Crippen MR) is 57.1 cm³/mol. The van der Waals surface area contributed by atoms with E-state index in [1.165, 1.54) is 5.56 Å². The van der Waals surface area contributed by atoms with Crippen molar-refractivity contribution in [2.24, 2.45) is 0 Å². The molecular weight excluding hydrogens is 196 g/mol. The van der Waals surface area contributed by atoms with Crippen LogP contribution in [0.2, 0.25) is 0 Å². The monoisotopic (exact) mass is 206 g/mol. The van der Waals surface area contributed by atoms with Crippen molar-refractivity contribution in [2.45, 2.75) is 18.7 Å². The summed E-state index contributed by atoms with van der Waals surface area (Å²) in [5, 5.41) is 7.01. The van der Waals surface area contributed by atoms with Gasteiger partial charge in [0.2, 0.25) is 0 Å². The zero-order valence-corrected chi connectivity index (χ0v) is 8.30. The van der Waals surface area contributed by atoms with Gasteiger partial charge in [0.25, 0.3) is 0 Å². The van der Waals surface area contributed by atoms with Gasteiger partial charge in [-0.2, -0.15) is 0 Å². The molecule has 2 N–H and O–H groups in total. The van der Waals surface area contributed by atoms with E-state index in [2.05, 4.69) is 16.7 Å². The van der Waals surface area contributed by atoms with Gasteiger partial charge >= 0.3 is 0 Å².